The molecule has 2 aromatic heterocycles. The van der Waals surface area contributed by atoms with Crippen LogP contribution in [0.25, 0.3) is 17.1 Å². The Hall–Kier alpha value is -3.99. The Morgan fingerprint density at radius 2 is 2.03 bits per heavy atom. The van der Waals surface area contributed by atoms with Crippen molar-refractivity contribution >= 4 is 29.1 Å². The van der Waals surface area contributed by atoms with E-state index in [9.17, 15) is 13.2 Å². The van der Waals surface area contributed by atoms with E-state index >= 15 is 0 Å². The highest BCUT2D eigenvalue weighted by Crippen LogP contribution is 2.41. The fraction of sp³-hybridized carbons (Fsp3) is 0.208. The molecule has 0 saturated carbocycles. The van der Waals surface area contributed by atoms with Crippen molar-refractivity contribution in [2.75, 3.05) is 18.1 Å². The number of nitrogen functional groups attached to an aromatic ring is 2. The van der Waals surface area contributed by atoms with Crippen LogP contribution in [0, 0.1) is 6.92 Å². The Morgan fingerprint density at radius 1 is 1.25 bits per heavy atom. The topological polar surface area (TPSA) is 115 Å². The Balaban J connectivity index is 1.77. The lowest BCUT2D eigenvalue weighted by Gasteiger charge is -2.31. The van der Waals surface area contributed by atoms with Gasteiger partial charge in [-0.15, -0.1) is 0 Å². The molecule has 12 heteroatoms. The lowest BCUT2D eigenvalue weighted by molar-refractivity contribution is -0.137. The quantitative estimate of drug-likeness (QED) is 0.489. The van der Waals surface area contributed by atoms with E-state index < -0.39 is 11.7 Å². The molecule has 1 unspecified atom stereocenters. The molecule has 2 aliphatic heterocycles. The molecule has 0 bridgehead atoms. The maximum atomic E-state index is 14.0. The van der Waals surface area contributed by atoms with E-state index in [4.69, 9.17) is 27.8 Å². The van der Waals surface area contributed by atoms with Crippen LogP contribution in [-0.2, 0) is 6.18 Å². The van der Waals surface area contributed by atoms with Crippen LogP contribution in [0.4, 0.5) is 24.8 Å². The van der Waals surface area contributed by atoms with Crippen molar-refractivity contribution in [1.82, 2.24) is 20.2 Å². The highest BCUT2D eigenvalue weighted by Gasteiger charge is 2.38. The summed E-state index contributed by atoms with van der Waals surface area (Å²) in [5, 5.41) is 4.02. The van der Waals surface area contributed by atoms with Crippen LogP contribution in [0.1, 0.15) is 29.7 Å². The number of aromatic nitrogens is 2. The Morgan fingerprint density at radius 3 is 2.75 bits per heavy atom. The number of nitrogens with one attached hydrogen (secondary N) is 1. The van der Waals surface area contributed by atoms with E-state index in [1.54, 1.807) is 18.5 Å². The van der Waals surface area contributed by atoms with Gasteiger partial charge in [-0.2, -0.15) is 13.2 Å². The van der Waals surface area contributed by atoms with Gasteiger partial charge in [0, 0.05) is 23.5 Å². The molecule has 0 saturated heterocycles. The van der Waals surface area contributed by atoms with Crippen LogP contribution in [0.5, 0.6) is 5.75 Å². The van der Waals surface area contributed by atoms with Crippen molar-refractivity contribution in [2.24, 2.45) is 4.99 Å². The van der Waals surface area contributed by atoms with Crippen molar-refractivity contribution in [3.8, 4) is 17.0 Å². The SMILES string of the molecule is Cc1cc(N)nc(-c2cc3c4c(c2Cl)=NCNC=4N(C(C)c2cccnc2N)C=CO3)c1C(F)(F)F. The Bertz CT molecular complexity index is 1540. The third-order valence-corrected chi connectivity index (χ3v) is 6.49. The third-order valence-electron chi connectivity index (χ3n) is 6.11. The second-order valence-electron chi connectivity index (χ2n) is 8.35. The van der Waals surface area contributed by atoms with E-state index in [-0.39, 0.29) is 51.5 Å². The smallest absolute Gasteiger partial charge is 0.418 e. The van der Waals surface area contributed by atoms with Gasteiger partial charge in [-0.3, -0.25) is 4.99 Å². The molecule has 0 radical (unpaired) electrons. The number of hydrogen-bond donors (Lipinski definition) is 3. The summed E-state index contributed by atoms with van der Waals surface area (Å²) in [4.78, 5) is 14.5. The lowest BCUT2D eigenvalue weighted by Crippen LogP contribution is -2.44. The number of benzene rings is 1. The predicted molar refractivity (Wildman–Crippen MR) is 130 cm³/mol. The highest BCUT2D eigenvalue weighted by atomic mass is 35.5. The van der Waals surface area contributed by atoms with E-state index in [0.29, 0.717) is 16.9 Å². The average molecular weight is 516 g/mol. The first-order valence-electron chi connectivity index (χ1n) is 10.9. The molecule has 0 spiro atoms. The molecule has 8 nitrogen and oxygen atoms in total. The zero-order chi connectivity index (χ0) is 25.8. The minimum Gasteiger partial charge on any atom is -0.463 e. The molecule has 5 N–H and O–H groups in total. The fourth-order valence-electron chi connectivity index (χ4n) is 4.52. The number of aryl methyl sites for hydroxylation is 1. The van der Waals surface area contributed by atoms with Crippen molar-refractivity contribution in [2.45, 2.75) is 26.1 Å². The molecule has 186 valence electrons. The molecular weight excluding hydrogens is 495 g/mol. The van der Waals surface area contributed by atoms with Crippen molar-refractivity contribution in [3.63, 3.8) is 0 Å². The average Bonchev–Trinajstić information content (AvgIpc) is 3.00. The second kappa shape index (κ2) is 8.59. The number of ether oxygens (including phenoxy) is 1. The largest absolute Gasteiger partial charge is 0.463 e. The van der Waals surface area contributed by atoms with E-state index in [1.807, 2.05) is 17.9 Å². The predicted octanol–water partition coefficient (Wildman–Crippen LogP) is 3.46. The first-order valence-corrected chi connectivity index (χ1v) is 11.3. The summed E-state index contributed by atoms with van der Waals surface area (Å²) < 4.78 is 47.9. The lowest BCUT2D eigenvalue weighted by atomic mass is 9.99. The Labute approximate surface area is 208 Å². The molecule has 0 fully saturated rings. The van der Waals surface area contributed by atoms with Gasteiger partial charge in [0.05, 0.1) is 32.9 Å². The second-order valence-corrected chi connectivity index (χ2v) is 8.73. The van der Waals surface area contributed by atoms with Gasteiger partial charge in [-0.1, -0.05) is 17.7 Å². The number of nitrogens with two attached hydrogens (primary N) is 2. The molecule has 0 amide bonds. The summed E-state index contributed by atoms with van der Waals surface area (Å²) in [6.45, 7) is 3.41. The van der Waals surface area contributed by atoms with Crippen molar-refractivity contribution in [3.05, 3.63) is 75.2 Å². The van der Waals surface area contributed by atoms with Crippen molar-refractivity contribution < 1.29 is 17.9 Å². The summed E-state index contributed by atoms with van der Waals surface area (Å²) in [5.74, 6) is 1.19. The maximum absolute atomic E-state index is 14.0. The monoisotopic (exact) mass is 515 g/mol. The summed E-state index contributed by atoms with van der Waals surface area (Å²) in [5.41, 5.74) is 11.4. The fourth-order valence-corrected chi connectivity index (χ4v) is 4.81. The molecule has 1 atom stereocenters. The first-order chi connectivity index (χ1) is 17.1. The van der Waals surface area contributed by atoms with Gasteiger partial charge in [-0.25, -0.2) is 9.97 Å². The van der Waals surface area contributed by atoms with Gasteiger partial charge in [0.25, 0.3) is 0 Å². The van der Waals surface area contributed by atoms with Gasteiger partial charge < -0.3 is 26.4 Å². The summed E-state index contributed by atoms with van der Waals surface area (Å²) in [6, 6.07) is 5.99. The molecule has 1 aromatic carbocycles. The molecule has 2 aliphatic rings. The van der Waals surface area contributed by atoms with Crippen LogP contribution < -0.4 is 32.1 Å². The number of halogens is 4. The maximum Gasteiger partial charge on any atom is 0.418 e. The molecule has 4 heterocycles. The summed E-state index contributed by atoms with van der Waals surface area (Å²) >= 11 is 6.72. The van der Waals surface area contributed by atoms with Crippen LogP contribution in [0.3, 0.4) is 0 Å². The molecule has 0 aliphatic carbocycles. The van der Waals surface area contributed by atoms with Gasteiger partial charge in [-0.05, 0) is 37.6 Å². The zero-order valence-electron chi connectivity index (χ0n) is 19.2. The van der Waals surface area contributed by atoms with Gasteiger partial charge in [0.15, 0.2) is 0 Å². The number of pyridine rings is 2. The van der Waals surface area contributed by atoms with Crippen LogP contribution >= 0.6 is 11.6 Å². The van der Waals surface area contributed by atoms with E-state index in [2.05, 4.69) is 20.3 Å². The normalized spacial score (nSPS) is 15.4. The summed E-state index contributed by atoms with van der Waals surface area (Å²) in [6.07, 6.45) is 0.0616. The summed E-state index contributed by atoms with van der Waals surface area (Å²) in [7, 11) is 0. The molecule has 5 rings (SSSR count). The minimum absolute atomic E-state index is 0.00902. The zero-order valence-corrected chi connectivity index (χ0v) is 19.9. The van der Waals surface area contributed by atoms with Crippen LogP contribution in [0.2, 0.25) is 5.02 Å². The van der Waals surface area contributed by atoms with Crippen molar-refractivity contribution in [1.29, 1.82) is 0 Å². The van der Waals surface area contributed by atoms with Gasteiger partial charge in [0.1, 0.15) is 36.1 Å². The molecule has 36 heavy (non-hydrogen) atoms. The molecule has 3 aromatic rings. The van der Waals surface area contributed by atoms with E-state index in [0.717, 1.165) is 5.56 Å². The number of alkyl halides is 3. The van der Waals surface area contributed by atoms with Crippen LogP contribution in [-0.4, -0.2) is 21.5 Å². The Kier molecular flexibility index (Phi) is 5.67. The third kappa shape index (κ3) is 3.85. The number of hydrogen-bond acceptors (Lipinski definition) is 8. The standard InChI is InChI=1S/C24H21ClF3N7O/c1-11-8-16(29)34-20(18(11)24(26,27)28)14-9-15-17-21(19(14)25)32-10-33-23(17)35(6-7-36-15)12(2)13-4-3-5-31-22(13)30/h3-9,12,33H,10H2,1-2H3,(H2,29,34)(H2,30,31). The molecular formula is C24H21ClF3N7O. The van der Waals surface area contributed by atoms with Gasteiger partial charge in [0.2, 0.25) is 0 Å². The highest BCUT2D eigenvalue weighted by molar-refractivity contribution is 6.33. The number of anilines is 2. The first kappa shape index (κ1) is 23.7. The number of rotatable bonds is 3. The number of nitrogens with zero attached hydrogens (tertiary/aromatic N) is 4. The van der Waals surface area contributed by atoms with E-state index in [1.165, 1.54) is 25.3 Å². The van der Waals surface area contributed by atoms with Gasteiger partial charge >= 0.3 is 6.18 Å². The van der Waals surface area contributed by atoms with Crippen LogP contribution in [0.15, 0.2) is 47.9 Å². The minimum atomic E-state index is -4.68.